The van der Waals surface area contributed by atoms with Gasteiger partial charge in [0.15, 0.2) is 0 Å². The molecule has 0 aromatic carbocycles. The summed E-state index contributed by atoms with van der Waals surface area (Å²) in [6.45, 7) is 5.60. The fraction of sp³-hybridized carbons (Fsp3) is 0.750. The predicted molar refractivity (Wildman–Crippen MR) is 65.2 cm³/mol. The Labute approximate surface area is 96.1 Å². The highest BCUT2D eigenvalue weighted by Crippen LogP contribution is 2.33. The van der Waals surface area contributed by atoms with Crippen LogP contribution in [0, 0.1) is 11.8 Å². The first-order chi connectivity index (χ1) is 7.20. The normalized spacial score (nSPS) is 20.7. The maximum absolute atomic E-state index is 4.69. The highest BCUT2D eigenvalue weighted by atomic mass is 32.1. The lowest BCUT2D eigenvalue weighted by Crippen LogP contribution is -2.17. The van der Waals surface area contributed by atoms with E-state index in [9.17, 15) is 0 Å². The van der Waals surface area contributed by atoms with Gasteiger partial charge in [-0.3, -0.25) is 0 Å². The minimum absolute atomic E-state index is 0.813. The number of rotatable bonds is 3. The van der Waals surface area contributed by atoms with Crippen LogP contribution in [-0.2, 0) is 19.4 Å². The van der Waals surface area contributed by atoms with Gasteiger partial charge in [-0.15, -0.1) is 11.3 Å². The van der Waals surface area contributed by atoms with E-state index in [4.69, 9.17) is 4.98 Å². The molecule has 2 nitrogen and oxygen atoms in total. The van der Waals surface area contributed by atoms with Crippen molar-refractivity contribution in [3.05, 3.63) is 15.6 Å². The van der Waals surface area contributed by atoms with E-state index in [2.05, 4.69) is 19.2 Å². The molecule has 0 amide bonds. The maximum Gasteiger partial charge on any atom is 0.107 e. The second-order valence-electron chi connectivity index (χ2n) is 4.75. The minimum atomic E-state index is 0.813. The van der Waals surface area contributed by atoms with Gasteiger partial charge in [-0.2, -0.15) is 0 Å². The van der Waals surface area contributed by atoms with E-state index in [0.29, 0.717) is 0 Å². The summed E-state index contributed by atoms with van der Waals surface area (Å²) in [6, 6.07) is 0. The molecular weight excluding hydrogens is 204 g/mol. The molecule has 0 aliphatic heterocycles. The third-order valence-electron chi connectivity index (χ3n) is 3.29. The van der Waals surface area contributed by atoms with Crippen molar-refractivity contribution in [1.82, 2.24) is 10.3 Å². The Bertz CT molecular complexity index is 330. The first-order valence-electron chi connectivity index (χ1n) is 5.82. The van der Waals surface area contributed by atoms with Crippen LogP contribution in [0.4, 0.5) is 0 Å². The average Bonchev–Trinajstić information content (AvgIpc) is 2.59. The van der Waals surface area contributed by atoms with Crippen molar-refractivity contribution in [2.24, 2.45) is 11.8 Å². The monoisotopic (exact) mass is 224 g/mol. The van der Waals surface area contributed by atoms with Crippen molar-refractivity contribution in [3.63, 3.8) is 0 Å². The summed E-state index contributed by atoms with van der Waals surface area (Å²) in [7, 11) is 1.98. The van der Waals surface area contributed by atoms with Gasteiger partial charge in [-0.25, -0.2) is 4.98 Å². The quantitative estimate of drug-likeness (QED) is 0.853. The Hall–Kier alpha value is -0.410. The molecule has 0 spiro atoms. The summed E-state index contributed by atoms with van der Waals surface area (Å²) in [5, 5.41) is 4.43. The predicted octanol–water partition coefficient (Wildman–Crippen LogP) is 2.62. The van der Waals surface area contributed by atoms with Crippen LogP contribution in [0.3, 0.4) is 0 Å². The van der Waals surface area contributed by atoms with Gasteiger partial charge in [0.05, 0.1) is 5.69 Å². The van der Waals surface area contributed by atoms with Crippen LogP contribution in [-0.4, -0.2) is 12.0 Å². The van der Waals surface area contributed by atoms with Gasteiger partial charge in [0.2, 0.25) is 0 Å². The van der Waals surface area contributed by atoms with Crippen LogP contribution in [0.25, 0.3) is 0 Å². The average molecular weight is 224 g/mol. The lowest BCUT2D eigenvalue weighted by atomic mass is 9.83. The summed E-state index contributed by atoms with van der Waals surface area (Å²) in [4.78, 5) is 6.24. The number of fused-ring (bicyclic) bond motifs is 1. The van der Waals surface area contributed by atoms with Crippen molar-refractivity contribution in [1.29, 1.82) is 0 Å². The van der Waals surface area contributed by atoms with Crippen LogP contribution in [0.2, 0.25) is 0 Å². The highest BCUT2D eigenvalue weighted by molar-refractivity contribution is 7.11. The number of aryl methyl sites for hydroxylation is 1. The second kappa shape index (κ2) is 4.62. The van der Waals surface area contributed by atoms with E-state index < -0.39 is 0 Å². The summed E-state index contributed by atoms with van der Waals surface area (Å²) >= 11 is 1.91. The van der Waals surface area contributed by atoms with Crippen LogP contribution >= 0.6 is 11.3 Å². The Kier molecular flexibility index (Phi) is 3.42. The number of nitrogens with zero attached hydrogens (tertiary/aromatic N) is 1. The molecule has 1 heterocycles. The number of aromatic nitrogens is 1. The van der Waals surface area contributed by atoms with Crippen LogP contribution in [0.15, 0.2) is 0 Å². The van der Waals surface area contributed by atoms with Crippen molar-refractivity contribution < 1.29 is 0 Å². The maximum atomic E-state index is 4.69. The van der Waals surface area contributed by atoms with Gasteiger partial charge in [0, 0.05) is 11.4 Å². The van der Waals surface area contributed by atoms with Crippen LogP contribution in [0.5, 0.6) is 0 Å². The third kappa shape index (κ3) is 2.40. The van der Waals surface area contributed by atoms with Crippen LogP contribution in [0.1, 0.15) is 35.8 Å². The fourth-order valence-electron chi connectivity index (χ4n) is 2.25. The molecule has 0 saturated carbocycles. The molecule has 1 aliphatic carbocycles. The molecule has 1 atom stereocenters. The number of nitrogens with one attached hydrogen (secondary N) is 1. The zero-order valence-electron chi connectivity index (χ0n) is 9.84. The summed E-state index contributed by atoms with van der Waals surface area (Å²) in [5.41, 5.74) is 1.38. The van der Waals surface area contributed by atoms with Gasteiger partial charge in [0.25, 0.3) is 0 Å². The summed E-state index contributed by atoms with van der Waals surface area (Å²) in [5.74, 6) is 1.69. The Morgan fingerprint density at radius 3 is 3.00 bits per heavy atom. The van der Waals surface area contributed by atoms with E-state index in [1.165, 1.54) is 30.0 Å². The standard InChI is InChI=1S/C12H20N2S/c1-8(2)9-4-5-10-11(6-9)15-12(14-10)7-13-3/h8-9,13H,4-7H2,1-3H3. The summed E-state index contributed by atoms with van der Waals surface area (Å²) < 4.78 is 0. The van der Waals surface area contributed by atoms with Gasteiger partial charge < -0.3 is 5.32 Å². The smallest absolute Gasteiger partial charge is 0.107 e. The van der Waals surface area contributed by atoms with Gasteiger partial charge >= 0.3 is 0 Å². The molecule has 0 saturated heterocycles. The molecule has 2 rings (SSSR count). The molecule has 1 aromatic heterocycles. The van der Waals surface area contributed by atoms with Gasteiger partial charge in [0.1, 0.15) is 5.01 Å². The Morgan fingerprint density at radius 1 is 1.53 bits per heavy atom. The van der Waals surface area contributed by atoms with E-state index in [0.717, 1.165) is 18.4 Å². The molecule has 1 aromatic rings. The highest BCUT2D eigenvalue weighted by Gasteiger charge is 2.24. The number of thiazole rings is 1. The largest absolute Gasteiger partial charge is 0.314 e. The second-order valence-corrected chi connectivity index (χ2v) is 5.92. The molecule has 0 fully saturated rings. The number of hydrogen-bond donors (Lipinski definition) is 1. The molecular formula is C12H20N2S. The number of hydrogen-bond acceptors (Lipinski definition) is 3. The third-order valence-corrected chi connectivity index (χ3v) is 4.41. The minimum Gasteiger partial charge on any atom is -0.314 e. The lowest BCUT2D eigenvalue weighted by molar-refractivity contribution is 0.344. The van der Waals surface area contributed by atoms with E-state index in [1.807, 2.05) is 18.4 Å². The topological polar surface area (TPSA) is 24.9 Å². The van der Waals surface area contributed by atoms with Gasteiger partial charge in [-0.1, -0.05) is 13.8 Å². The molecule has 3 heteroatoms. The zero-order valence-corrected chi connectivity index (χ0v) is 10.7. The zero-order chi connectivity index (χ0) is 10.8. The first-order valence-corrected chi connectivity index (χ1v) is 6.64. The molecule has 1 N–H and O–H groups in total. The lowest BCUT2D eigenvalue weighted by Gasteiger charge is -2.24. The first kappa shape index (κ1) is 11.1. The van der Waals surface area contributed by atoms with Crippen LogP contribution < -0.4 is 5.32 Å². The Balaban J connectivity index is 2.12. The van der Waals surface area contributed by atoms with Crippen molar-refractivity contribution in [2.45, 2.75) is 39.7 Å². The van der Waals surface area contributed by atoms with Crippen molar-refractivity contribution in [3.8, 4) is 0 Å². The summed E-state index contributed by atoms with van der Waals surface area (Å²) in [6.07, 6.45) is 3.78. The Morgan fingerprint density at radius 2 is 2.33 bits per heavy atom. The van der Waals surface area contributed by atoms with E-state index in [-0.39, 0.29) is 0 Å². The fourth-order valence-corrected chi connectivity index (χ4v) is 3.47. The molecule has 0 radical (unpaired) electrons. The van der Waals surface area contributed by atoms with Crippen molar-refractivity contribution >= 4 is 11.3 Å². The SMILES string of the molecule is CNCc1nc2c(s1)CC(C(C)C)CC2. The molecule has 84 valence electrons. The van der Waals surface area contributed by atoms with E-state index in [1.54, 1.807) is 4.88 Å². The molecule has 0 bridgehead atoms. The van der Waals surface area contributed by atoms with Crippen molar-refractivity contribution in [2.75, 3.05) is 7.05 Å². The molecule has 1 unspecified atom stereocenters. The van der Waals surface area contributed by atoms with Gasteiger partial charge in [-0.05, 0) is 38.1 Å². The molecule has 15 heavy (non-hydrogen) atoms. The van der Waals surface area contributed by atoms with E-state index >= 15 is 0 Å². The molecule has 1 aliphatic rings.